The van der Waals surface area contributed by atoms with Gasteiger partial charge in [-0.05, 0) is 43.3 Å². The van der Waals surface area contributed by atoms with Gasteiger partial charge in [-0.3, -0.25) is 4.79 Å². The molecule has 2 N–H and O–H groups in total. The van der Waals surface area contributed by atoms with Gasteiger partial charge in [0.15, 0.2) is 5.78 Å². The number of nitrogens with two attached hydrogens (primary N) is 1. The second kappa shape index (κ2) is 4.70. The molecule has 0 saturated heterocycles. The summed E-state index contributed by atoms with van der Waals surface area (Å²) in [7, 11) is 0. The Bertz CT molecular complexity index is 532. The van der Waals surface area contributed by atoms with E-state index in [-0.39, 0.29) is 5.78 Å². The van der Waals surface area contributed by atoms with Crippen molar-refractivity contribution in [1.29, 1.82) is 0 Å². The van der Waals surface area contributed by atoms with Crippen molar-refractivity contribution in [2.24, 2.45) is 0 Å². The van der Waals surface area contributed by atoms with E-state index >= 15 is 0 Å². The molecular formula is C14H13NO2. The average molecular weight is 227 g/mol. The van der Waals surface area contributed by atoms with Crippen LogP contribution < -0.4 is 10.5 Å². The van der Waals surface area contributed by atoms with Crippen LogP contribution in [0.15, 0.2) is 48.5 Å². The van der Waals surface area contributed by atoms with Gasteiger partial charge in [-0.1, -0.05) is 6.07 Å². The molecule has 0 radical (unpaired) electrons. The lowest BCUT2D eigenvalue weighted by atomic mass is 10.1. The summed E-state index contributed by atoms with van der Waals surface area (Å²) in [4.78, 5) is 11.1. The zero-order valence-electron chi connectivity index (χ0n) is 9.51. The summed E-state index contributed by atoms with van der Waals surface area (Å²) in [5.41, 5.74) is 6.98. The van der Waals surface area contributed by atoms with Gasteiger partial charge in [0.1, 0.15) is 11.5 Å². The number of anilines is 1. The molecule has 86 valence electrons. The second-order valence-electron chi connectivity index (χ2n) is 3.76. The molecule has 0 bridgehead atoms. The lowest BCUT2D eigenvalue weighted by molar-refractivity contribution is 0.101. The molecule has 3 heteroatoms. The molecule has 2 aromatic carbocycles. The zero-order chi connectivity index (χ0) is 12.3. The number of rotatable bonds is 3. The summed E-state index contributed by atoms with van der Waals surface area (Å²) < 4.78 is 5.60. The highest BCUT2D eigenvalue weighted by Gasteiger charge is 2.00. The van der Waals surface area contributed by atoms with E-state index in [1.807, 2.05) is 12.1 Å². The number of hydrogen-bond acceptors (Lipinski definition) is 3. The minimum atomic E-state index is 0.0421. The molecule has 0 spiro atoms. The first-order valence-corrected chi connectivity index (χ1v) is 5.29. The van der Waals surface area contributed by atoms with E-state index in [0.29, 0.717) is 22.7 Å². The predicted molar refractivity (Wildman–Crippen MR) is 67.4 cm³/mol. The van der Waals surface area contributed by atoms with Gasteiger partial charge in [-0.2, -0.15) is 0 Å². The third kappa shape index (κ3) is 2.84. The molecule has 0 aliphatic carbocycles. The molecule has 3 nitrogen and oxygen atoms in total. The fraction of sp³-hybridized carbons (Fsp3) is 0.0714. The Hall–Kier alpha value is -2.29. The maximum Gasteiger partial charge on any atom is 0.159 e. The summed E-state index contributed by atoms with van der Waals surface area (Å²) in [6.45, 7) is 1.54. The maximum absolute atomic E-state index is 11.1. The van der Waals surface area contributed by atoms with Crippen LogP contribution in [0.4, 0.5) is 5.69 Å². The number of ketones is 1. The molecule has 0 heterocycles. The highest BCUT2D eigenvalue weighted by Crippen LogP contribution is 2.23. The molecule has 0 saturated carbocycles. The molecule has 17 heavy (non-hydrogen) atoms. The van der Waals surface area contributed by atoms with Crippen molar-refractivity contribution >= 4 is 11.5 Å². The van der Waals surface area contributed by atoms with Crippen LogP contribution in [-0.4, -0.2) is 5.78 Å². The standard InChI is InChI=1S/C14H13NO2/c1-10(16)11-5-7-13(8-6-11)17-14-4-2-3-12(15)9-14/h2-9H,15H2,1H3. The van der Waals surface area contributed by atoms with Crippen molar-refractivity contribution in [3.63, 3.8) is 0 Å². The van der Waals surface area contributed by atoms with E-state index in [4.69, 9.17) is 10.5 Å². The highest BCUT2D eigenvalue weighted by atomic mass is 16.5. The number of hydrogen-bond donors (Lipinski definition) is 1. The zero-order valence-corrected chi connectivity index (χ0v) is 9.51. The van der Waals surface area contributed by atoms with Crippen LogP contribution in [0.5, 0.6) is 11.5 Å². The SMILES string of the molecule is CC(=O)c1ccc(Oc2cccc(N)c2)cc1. The molecule has 0 atom stereocenters. The first-order valence-electron chi connectivity index (χ1n) is 5.29. The van der Waals surface area contributed by atoms with Gasteiger partial charge in [0.25, 0.3) is 0 Å². The van der Waals surface area contributed by atoms with Gasteiger partial charge in [-0.25, -0.2) is 0 Å². The predicted octanol–water partition coefficient (Wildman–Crippen LogP) is 3.26. The lowest BCUT2D eigenvalue weighted by Gasteiger charge is -2.06. The Morgan fingerprint density at radius 3 is 2.35 bits per heavy atom. The fourth-order valence-electron chi connectivity index (χ4n) is 1.47. The molecule has 0 aliphatic rings. The molecule has 0 fully saturated rings. The quantitative estimate of drug-likeness (QED) is 0.646. The summed E-state index contributed by atoms with van der Waals surface area (Å²) >= 11 is 0. The van der Waals surface area contributed by atoms with Gasteiger partial charge in [0.05, 0.1) is 0 Å². The number of nitrogen functional groups attached to an aromatic ring is 1. The van der Waals surface area contributed by atoms with Crippen molar-refractivity contribution in [3.05, 3.63) is 54.1 Å². The van der Waals surface area contributed by atoms with Crippen LogP contribution in [0, 0.1) is 0 Å². The minimum Gasteiger partial charge on any atom is -0.457 e. The maximum atomic E-state index is 11.1. The van der Waals surface area contributed by atoms with Crippen LogP contribution in [0.25, 0.3) is 0 Å². The van der Waals surface area contributed by atoms with Gasteiger partial charge in [-0.15, -0.1) is 0 Å². The molecule has 2 rings (SSSR count). The third-order valence-electron chi connectivity index (χ3n) is 2.35. The number of benzene rings is 2. The smallest absolute Gasteiger partial charge is 0.159 e. The Labute approximate surface area is 99.8 Å². The van der Waals surface area contributed by atoms with Crippen molar-refractivity contribution in [2.75, 3.05) is 5.73 Å². The summed E-state index contributed by atoms with van der Waals surface area (Å²) in [5.74, 6) is 1.40. The summed E-state index contributed by atoms with van der Waals surface area (Å²) in [5, 5.41) is 0. The lowest BCUT2D eigenvalue weighted by Crippen LogP contribution is -1.92. The van der Waals surface area contributed by atoms with E-state index < -0.39 is 0 Å². The van der Waals surface area contributed by atoms with Crippen LogP contribution in [0.3, 0.4) is 0 Å². The third-order valence-corrected chi connectivity index (χ3v) is 2.35. The van der Waals surface area contributed by atoms with Gasteiger partial charge in [0.2, 0.25) is 0 Å². The molecule has 0 unspecified atom stereocenters. The van der Waals surface area contributed by atoms with Crippen LogP contribution in [0.2, 0.25) is 0 Å². The number of ether oxygens (including phenoxy) is 1. The molecule has 0 aromatic heterocycles. The first-order chi connectivity index (χ1) is 8.15. The monoisotopic (exact) mass is 227 g/mol. The van der Waals surface area contributed by atoms with Crippen LogP contribution in [0.1, 0.15) is 17.3 Å². The molecule has 0 aliphatic heterocycles. The van der Waals surface area contributed by atoms with Gasteiger partial charge in [0, 0.05) is 17.3 Å². The van der Waals surface area contributed by atoms with Gasteiger partial charge >= 0.3 is 0 Å². The molecule has 0 amide bonds. The Kier molecular flexibility index (Phi) is 3.10. The fourth-order valence-corrected chi connectivity index (χ4v) is 1.47. The Morgan fingerprint density at radius 1 is 1.06 bits per heavy atom. The van der Waals surface area contributed by atoms with E-state index in [1.165, 1.54) is 6.92 Å². The van der Waals surface area contributed by atoms with Crippen molar-refractivity contribution in [1.82, 2.24) is 0 Å². The van der Waals surface area contributed by atoms with Crippen molar-refractivity contribution in [2.45, 2.75) is 6.92 Å². The van der Waals surface area contributed by atoms with E-state index in [0.717, 1.165) is 0 Å². The van der Waals surface area contributed by atoms with Crippen LogP contribution >= 0.6 is 0 Å². The Morgan fingerprint density at radius 2 is 1.76 bits per heavy atom. The Balaban J connectivity index is 2.16. The highest BCUT2D eigenvalue weighted by molar-refractivity contribution is 5.94. The van der Waals surface area contributed by atoms with Gasteiger partial charge < -0.3 is 10.5 Å². The first kappa shape index (κ1) is 11.2. The number of carbonyl (C=O) groups is 1. The van der Waals surface area contributed by atoms with Crippen molar-refractivity contribution < 1.29 is 9.53 Å². The van der Waals surface area contributed by atoms with E-state index in [1.54, 1.807) is 36.4 Å². The summed E-state index contributed by atoms with van der Waals surface area (Å²) in [6.07, 6.45) is 0. The summed E-state index contributed by atoms with van der Waals surface area (Å²) in [6, 6.07) is 14.2. The van der Waals surface area contributed by atoms with Crippen LogP contribution in [-0.2, 0) is 0 Å². The van der Waals surface area contributed by atoms with E-state index in [2.05, 4.69) is 0 Å². The largest absolute Gasteiger partial charge is 0.457 e. The molecule has 2 aromatic rings. The minimum absolute atomic E-state index is 0.0421. The number of Topliss-reactive ketones (excluding diaryl/α,β-unsaturated/α-hetero) is 1. The average Bonchev–Trinajstić information content (AvgIpc) is 2.29. The molecular weight excluding hydrogens is 214 g/mol. The number of carbonyl (C=O) groups excluding carboxylic acids is 1. The second-order valence-corrected chi connectivity index (χ2v) is 3.76. The van der Waals surface area contributed by atoms with E-state index in [9.17, 15) is 4.79 Å². The topological polar surface area (TPSA) is 52.3 Å². The van der Waals surface area contributed by atoms with Crippen molar-refractivity contribution in [3.8, 4) is 11.5 Å². The normalized spacial score (nSPS) is 9.94.